The maximum Gasteiger partial charge on any atom is 0.231 e. The monoisotopic (exact) mass is 296 g/mol. The second-order valence-electron chi connectivity index (χ2n) is 4.03. The van der Waals surface area contributed by atoms with Gasteiger partial charge in [0.2, 0.25) is 6.79 Å². The SMILES string of the molecule is Clc1cc(NCc2cc(Cl)c3c(c2)OCO3)ccn1. The van der Waals surface area contributed by atoms with E-state index in [2.05, 4.69) is 10.3 Å². The number of fused-ring (bicyclic) bond motifs is 1. The molecular formula is C13H10Cl2N2O2. The molecule has 6 heteroatoms. The summed E-state index contributed by atoms with van der Waals surface area (Å²) in [4.78, 5) is 3.92. The lowest BCUT2D eigenvalue weighted by Crippen LogP contribution is -1.99. The fourth-order valence-corrected chi connectivity index (χ4v) is 2.30. The summed E-state index contributed by atoms with van der Waals surface area (Å²) in [5.74, 6) is 1.29. The number of anilines is 1. The van der Waals surface area contributed by atoms with Crippen molar-refractivity contribution < 1.29 is 9.47 Å². The molecule has 1 aromatic carbocycles. The van der Waals surface area contributed by atoms with E-state index in [0.29, 0.717) is 28.2 Å². The van der Waals surface area contributed by atoms with Crippen LogP contribution in [0.4, 0.5) is 5.69 Å². The normalized spacial score (nSPS) is 12.5. The van der Waals surface area contributed by atoms with Gasteiger partial charge in [0, 0.05) is 18.4 Å². The van der Waals surface area contributed by atoms with E-state index in [0.717, 1.165) is 11.3 Å². The van der Waals surface area contributed by atoms with Crippen LogP contribution in [0.5, 0.6) is 11.5 Å². The van der Waals surface area contributed by atoms with Crippen molar-refractivity contribution in [2.45, 2.75) is 6.54 Å². The number of hydrogen-bond donors (Lipinski definition) is 1. The topological polar surface area (TPSA) is 43.4 Å². The molecule has 0 spiro atoms. The van der Waals surface area contributed by atoms with Crippen molar-refractivity contribution in [1.82, 2.24) is 4.98 Å². The van der Waals surface area contributed by atoms with E-state index in [-0.39, 0.29) is 6.79 Å². The molecule has 0 saturated heterocycles. The number of pyridine rings is 1. The number of benzene rings is 1. The zero-order valence-corrected chi connectivity index (χ0v) is 11.3. The molecule has 1 aromatic heterocycles. The highest BCUT2D eigenvalue weighted by Crippen LogP contribution is 2.39. The highest BCUT2D eigenvalue weighted by Gasteiger charge is 2.18. The van der Waals surface area contributed by atoms with E-state index in [1.165, 1.54) is 0 Å². The second kappa shape index (κ2) is 5.15. The van der Waals surface area contributed by atoms with Gasteiger partial charge in [0.05, 0.1) is 5.02 Å². The summed E-state index contributed by atoms with van der Waals surface area (Å²) >= 11 is 11.9. The summed E-state index contributed by atoms with van der Waals surface area (Å²) in [5.41, 5.74) is 1.90. The van der Waals surface area contributed by atoms with E-state index in [1.54, 1.807) is 12.3 Å². The Balaban J connectivity index is 1.76. The van der Waals surface area contributed by atoms with Crippen LogP contribution in [0.1, 0.15) is 5.56 Å². The summed E-state index contributed by atoms with van der Waals surface area (Å²) in [5, 5.41) is 4.25. The van der Waals surface area contributed by atoms with Gasteiger partial charge in [-0.15, -0.1) is 0 Å². The molecule has 1 N–H and O–H groups in total. The van der Waals surface area contributed by atoms with Gasteiger partial charge in [0.25, 0.3) is 0 Å². The number of hydrogen-bond acceptors (Lipinski definition) is 4. The van der Waals surface area contributed by atoms with Crippen molar-refractivity contribution in [3.05, 3.63) is 46.2 Å². The summed E-state index contributed by atoms with van der Waals surface area (Å²) < 4.78 is 10.6. The summed E-state index contributed by atoms with van der Waals surface area (Å²) in [6, 6.07) is 7.37. The lowest BCUT2D eigenvalue weighted by molar-refractivity contribution is 0.174. The lowest BCUT2D eigenvalue weighted by atomic mass is 10.2. The van der Waals surface area contributed by atoms with Crippen LogP contribution in [0.15, 0.2) is 30.5 Å². The highest BCUT2D eigenvalue weighted by molar-refractivity contribution is 6.32. The first-order valence-corrected chi connectivity index (χ1v) is 6.41. The van der Waals surface area contributed by atoms with E-state index in [4.69, 9.17) is 32.7 Å². The number of halogens is 2. The number of nitrogens with zero attached hydrogens (tertiary/aromatic N) is 1. The van der Waals surface area contributed by atoms with Gasteiger partial charge in [0.1, 0.15) is 5.15 Å². The van der Waals surface area contributed by atoms with Gasteiger partial charge in [-0.05, 0) is 29.8 Å². The average molecular weight is 297 g/mol. The minimum Gasteiger partial charge on any atom is -0.454 e. The van der Waals surface area contributed by atoms with Gasteiger partial charge in [-0.25, -0.2) is 4.98 Å². The van der Waals surface area contributed by atoms with E-state index in [1.807, 2.05) is 18.2 Å². The minimum atomic E-state index is 0.214. The van der Waals surface area contributed by atoms with Gasteiger partial charge in [0.15, 0.2) is 11.5 Å². The van der Waals surface area contributed by atoms with Crippen LogP contribution in [-0.2, 0) is 6.54 Å². The predicted molar refractivity (Wildman–Crippen MR) is 74.1 cm³/mol. The predicted octanol–water partition coefficient (Wildman–Crippen LogP) is 3.73. The minimum absolute atomic E-state index is 0.214. The van der Waals surface area contributed by atoms with Crippen molar-refractivity contribution in [2.75, 3.05) is 12.1 Å². The van der Waals surface area contributed by atoms with E-state index >= 15 is 0 Å². The molecule has 0 amide bonds. The molecule has 98 valence electrons. The first-order chi connectivity index (χ1) is 9.22. The zero-order chi connectivity index (χ0) is 13.2. The molecule has 0 unspecified atom stereocenters. The van der Waals surface area contributed by atoms with Crippen LogP contribution in [0.25, 0.3) is 0 Å². The molecule has 1 aliphatic heterocycles. The van der Waals surface area contributed by atoms with Crippen LogP contribution in [0.3, 0.4) is 0 Å². The highest BCUT2D eigenvalue weighted by atomic mass is 35.5. The van der Waals surface area contributed by atoms with Crippen LogP contribution in [0, 0.1) is 0 Å². The van der Waals surface area contributed by atoms with Crippen molar-refractivity contribution in [3.63, 3.8) is 0 Å². The second-order valence-corrected chi connectivity index (χ2v) is 4.83. The van der Waals surface area contributed by atoms with Crippen LogP contribution in [0.2, 0.25) is 10.2 Å². The van der Waals surface area contributed by atoms with E-state index < -0.39 is 0 Å². The Morgan fingerprint density at radius 3 is 2.95 bits per heavy atom. The first kappa shape index (κ1) is 12.4. The fraction of sp³-hybridized carbons (Fsp3) is 0.154. The van der Waals surface area contributed by atoms with Crippen molar-refractivity contribution in [1.29, 1.82) is 0 Å². The summed E-state index contributed by atoms with van der Waals surface area (Å²) in [6.45, 7) is 0.822. The third-order valence-electron chi connectivity index (χ3n) is 2.71. The molecule has 1 aliphatic rings. The standard InChI is InChI=1S/C13H10Cl2N2O2/c14-10-3-8(4-11-13(10)19-7-18-11)6-17-9-1-2-16-12(15)5-9/h1-5H,6-7H2,(H,16,17). The van der Waals surface area contributed by atoms with Gasteiger partial charge >= 0.3 is 0 Å². The van der Waals surface area contributed by atoms with E-state index in [9.17, 15) is 0 Å². The third-order valence-corrected chi connectivity index (χ3v) is 3.20. The molecule has 0 fully saturated rings. The third kappa shape index (κ3) is 2.69. The fourth-order valence-electron chi connectivity index (χ4n) is 1.84. The maximum absolute atomic E-state index is 6.12. The first-order valence-electron chi connectivity index (χ1n) is 5.66. The van der Waals surface area contributed by atoms with Crippen molar-refractivity contribution in [3.8, 4) is 11.5 Å². The Labute approximate surface area is 120 Å². The Morgan fingerprint density at radius 2 is 2.11 bits per heavy atom. The van der Waals surface area contributed by atoms with Gasteiger partial charge in [-0.2, -0.15) is 0 Å². The smallest absolute Gasteiger partial charge is 0.231 e. The Morgan fingerprint density at radius 1 is 1.21 bits per heavy atom. The molecule has 19 heavy (non-hydrogen) atoms. The van der Waals surface area contributed by atoms with Crippen molar-refractivity contribution >= 4 is 28.9 Å². The quantitative estimate of drug-likeness (QED) is 0.877. The summed E-state index contributed by atoms with van der Waals surface area (Å²) in [7, 11) is 0. The van der Waals surface area contributed by atoms with Crippen LogP contribution < -0.4 is 14.8 Å². The molecule has 0 bridgehead atoms. The van der Waals surface area contributed by atoms with Gasteiger partial charge in [-0.1, -0.05) is 23.2 Å². The molecule has 0 radical (unpaired) electrons. The molecule has 2 aromatic rings. The Kier molecular flexibility index (Phi) is 3.36. The largest absolute Gasteiger partial charge is 0.454 e. The Bertz CT molecular complexity index is 620. The molecule has 3 rings (SSSR count). The maximum atomic E-state index is 6.12. The molecule has 2 heterocycles. The number of ether oxygens (including phenoxy) is 2. The molecular weight excluding hydrogens is 287 g/mol. The lowest BCUT2D eigenvalue weighted by Gasteiger charge is -2.08. The molecule has 0 saturated carbocycles. The molecule has 0 aliphatic carbocycles. The molecule has 0 atom stereocenters. The zero-order valence-electron chi connectivity index (χ0n) is 9.82. The van der Waals surface area contributed by atoms with Crippen LogP contribution in [-0.4, -0.2) is 11.8 Å². The summed E-state index contributed by atoms with van der Waals surface area (Å²) in [6.07, 6.45) is 1.65. The van der Waals surface area contributed by atoms with Gasteiger partial charge in [-0.3, -0.25) is 0 Å². The average Bonchev–Trinajstić information content (AvgIpc) is 2.85. The number of nitrogens with one attached hydrogen (secondary N) is 1. The number of rotatable bonds is 3. The molecule has 4 nitrogen and oxygen atoms in total. The Hall–Kier alpha value is -1.65. The van der Waals surface area contributed by atoms with Crippen molar-refractivity contribution in [2.24, 2.45) is 0 Å². The van der Waals surface area contributed by atoms with Gasteiger partial charge < -0.3 is 14.8 Å². The number of aromatic nitrogens is 1. The van der Waals surface area contributed by atoms with Crippen LogP contribution >= 0.6 is 23.2 Å².